The van der Waals surface area contributed by atoms with E-state index in [1.807, 2.05) is 44.2 Å². The number of nitrogens with one attached hydrogen (secondary N) is 1. The minimum Gasteiger partial charge on any atom is -0.372 e. The molecule has 3 unspecified atom stereocenters. The number of carbonyl (C=O) groups excluding carboxylic acids is 2. The van der Waals surface area contributed by atoms with Crippen LogP contribution in [0.25, 0.3) is 0 Å². The summed E-state index contributed by atoms with van der Waals surface area (Å²) in [6.45, 7) is 5.08. The van der Waals surface area contributed by atoms with Crippen molar-refractivity contribution in [3.05, 3.63) is 65.7 Å². The summed E-state index contributed by atoms with van der Waals surface area (Å²) in [5.74, 6) is -0.327. The molecule has 1 aliphatic heterocycles. The maximum Gasteiger partial charge on any atom is 0.254 e. The maximum atomic E-state index is 12.7. The lowest BCUT2D eigenvalue weighted by Crippen LogP contribution is -2.48. The van der Waals surface area contributed by atoms with Gasteiger partial charge in [0, 0.05) is 24.3 Å². The monoisotopic (exact) mass is 367 g/mol. The third-order valence-corrected chi connectivity index (χ3v) is 4.55. The molecule has 0 bridgehead atoms. The molecule has 2 aromatic carbocycles. The average Bonchev–Trinajstić information content (AvgIpc) is 2.67. The van der Waals surface area contributed by atoms with Crippen LogP contribution in [0.4, 0.5) is 5.69 Å². The molecule has 6 nitrogen and oxygen atoms in total. The van der Waals surface area contributed by atoms with Crippen LogP contribution in [0.15, 0.2) is 54.6 Å². The fourth-order valence-electron chi connectivity index (χ4n) is 3.25. The molecule has 27 heavy (non-hydrogen) atoms. The van der Waals surface area contributed by atoms with Gasteiger partial charge in [-0.3, -0.25) is 9.59 Å². The zero-order chi connectivity index (χ0) is 19.4. The number of amides is 2. The molecule has 0 spiro atoms. The van der Waals surface area contributed by atoms with Gasteiger partial charge in [-0.2, -0.15) is 0 Å². The van der Waals surface area contributed by atoms with Crippen LogP contribution in [0.2, 0.25) is 0 Å². The van der Waals surface area contributed by atoms with E-state index in [0.717, 1.165) is 5.56 Å². The molecular formula is C21H25N3O3. The summed E-state index contributed by atoms with van der Waals surface area (Å²) in [7, 11) is 0. The Bertz CT molecular complexity index is 782. The molecule has 1 saturated heterocycles. The summed E-state index contributed by atoms with van der Waals surface area (Å²) in [6, 6.07) is 15.3. The molecular weight excluding hydrogens is 342 g/mol. The van der Waals surface area contributed by atoms with Crippen molar-refractivity contribution in [2.45, 2.75) is 32.1 Å². The van der Waals surface area contributed by atoms with Crippen LogP contribution in [0, 0.1) is 0 Å². The van der Waals surface area contributed by atoms with Crippen molar-refractivity contribution in [2.75, 3.05) is 18.4 Å². The molecule has 3 N–H and O–H groups in total. The molecule has 6 heteroatoms. The largest absolute Gasteiger partial charge is 0.372 e. The van der Waals surface area contributed by atoms with Gasteiger partial charge in [-0.25, -0.2) is 0 Å². The molecule has 1 aliphatic rings. The first-order valence-corrected chi connectivity index (χ1v) is 9.10. The van der Waals surface area contributed by atoms with E-state index >= 15 is 0 Å². The minimum absolute atomic E-state index is 0.0238. The molecule has 2 aromatic rings. The number of anilines is 1. The zero-order valence-electron chi connectivity index (χ0n) is 15.6. The number of nitrogens with zero attached hydrogens (tertiary/aromatic N) is 1. The van der Waals surface area contributed by atoms with Gasteiger partial charge < -0.3 is 20.7 Å². The Kier molecular flexibility index (Phi) is 5.88. The SMILES string of the molecule is CC1CN(C(=O)c2ccc(NC(=O)C(N)c3ccccc3)cc2)CC(C)O1. The van der Waals surface area contributed by atoms with Crippen LogP contribution in [-0.4, -0.2) is 42.0 Å². The summed E-state index contributed by atoms with van der Waals surface area (Å²) >= 11 is 0. The highest BCUT2D eigenvalue weighted by Crippen LogP contribution is 2.18. The molecule has 0 aliphatic carbocycles. The standard InChI is InChI=1S/C21H25N3O3/c1-14-12-24(13-15(2)27-14)21(26)17-8-10-18(11-9-17)23-20(25)19(22)16-6-4-3-5-7-16/h3-11,14-15,19H,12-13,22H2,1-2H3,(H,23,25). The summed E-state index contributed by atoms with van der Waals surface area (Å²) in [6.07, 6.45) is 0.0477. The Morgan fingerprint density at radius 2 is 1.63 bits per heavy atom. The lowest BCUT2D eigenvalue weighted by molar-refractivity contribution is -0.117. The van der Waals surface area contributed by atoms with Crippen molar-refractivity contribution in [3.63, 3.8) is 0 Å². The Hall–Kier alpha value is -2.70. The van der Waals surface area contributed by atoms with E-state index in [2.05, 4.69) is 5.32 Å². The van der Waals surface area contributed by atoms with Gasteiger partial charge in [0.25, 0.3) is 5.91 Å². The summed E-state index contributed by atoms with van der Waals surface area (Å²) in [4.78, 5) is 26.8. The van der Waals surface area contributed by atoms with Crippen LogP contribution >= 0.6 is 0 Å². The third kappa shape index (κ3) is 4.72. The van der Waals surface area contributed by atoms with Crippen molar-refractivity contribution in [1.82, 2.24) is 4.90 Å². The second-order valence-electron chi connectivity index (χ2n) is 6.92. The van der Waals surface area contributed by atoms with E-state index in [-0.39, 0.29) is 24.0 Å². The topological polar surface area (TPSA) is 84.7 Å². The third-order valence-electron chi connectivity index (χ3n) is 4.55. The smallest absolute Gasteiger partial charge is 0.254 e. The molecule has 0 radical (unpaired) electrons. The van der Waals surface area contributed by atoms with Gasteiger partial charge >= 0.3 is 0 Å². The number of carbonyl (C=O) groups is 2. The summed E-state index contributed by atoms with van der Waals surface area (Å²) in [5, 5.41) is 2.79. The molecule has 0 saturated carbocycles. The first kappa shape index (κ1) is 19.1. The fraction of sp³-hybridized carbons (Fsp3) is 0.333. The number of morpholine rings is 1. The number of hydrogen-bond donors (Lipinski definition) is 2. The van der Waals surface area contributed by atoms with Gasteiger partial charge in [0.1, 0.15) is 6.04 Å². The number of nitrogens with two attached hydrogens (primary N) is 1. The van der Waals surface area contributed by atoms with Gasteiger partial charge in [0.05, 0.1) is 12.2 Å². The lowest BCUT2D eigenvalue weighted by Gasteiger charge is -2.35. The van der Waals surface area contributed by atoms with E-state index in [1.54, 1.807) is 29.2 Å². The molecule has 142 valence electrons. The first-order chi connectivity index (χ1) is 12.9. The van der Waals surface area contributed by atoms with Crippen LogP contribution in [0.5, 0.6) is 0 Å². The second kappa shape index (κ2) is 8.33. The molecule has 0 aromatic heterocycles. The normalized spacial score (nSPS) is 20.8. The van der Waals surface area contributed by atoms with Gasteiger partial charge in [0.2, 0.25) is 5.91 Å². The molecule has 3 atom stereocenters. The highest BCUT2D eigenvalue weighted by Gasteiger charge is 2.26. The molecule has 1 heterocycles. The van der Waals surface area contributed by atoms with Crippen molar-refractivity contribution < 1.29 is 14.3 Å². The van der Waals surface area contributed by atoms with Crippen LogP contribution in [0.1, 0.15) is 35.8 Å². The van der Waals surface area contributed by atoms with Crippen LogP contribution < -0.4 is 11.1 Å². The van der Waals surface area contributed by atoms with E-state index in [4.69, 9.17) is 10.5 Å². The van der Waals surface area contributed by atoms with E-state index < -0.39 is 6.04 Å². The van der Waals surface area contributed by atoms with Crippen molar-refractivity contribution in [1.29, 1.82) is 0 Å². The Morgan fingerprint density at radius 1 is 1.04 bits per heavy atom. The van der Waals surface area contributed by atoms with Gasteiger partial charge in [-0.05, 0) is 43.7 Å². The van der Waals surface area contributed by atoms with Crippen molar-refractivity contribution in [2.24, 2.45) is 5.73 Å². The summed E-state index contributed by atoms with van der Waals surface area (Å²) < 4.78 is 5.67. The number of hydrogen-bond acceptors (Lipinski definition) is 4. The van der Waals surface area contributed by atoms with E-state index in [0.29, 0.717) is 24.3 Å². The highest BCUT2D eigenvalue weighted by molar-refractivity contribution is 5.97. The van der Waals surface area contributed by atoms with Crippen LogP contribution in [0.3, 0.4) is 0 Å². The number of ether oxygens (including phenoxy) is 1. The zero-order valence-corrected chi connectivity index (χ0v) is 15.6. The Balaban J connectivity index is 1.63. The predicted octanol–water partition coefficient (Wildman–Crippen LogP) is 2.57. The number of benzene rings is 2. The Morgan fingerprint density at radius 3 is 2.22 bits per heavy atom. The Labute approximate surface area is 159 Å². The van der Waals surface area contributed by atoms with Gasteiger partial charge in [0.15, 0.2) is 0 Å². The van der Waals surface area contributed by atoms with E-state index in [9.17, 15) is 9.59 Å². The molecule has 1 fully saturated rings. The molecule has 2 amide bonds. The predicted molar refractivity (Wildman–Crippen MR) is 104 cm³/mol. The lowest BCUT2D eigenvalue weighted by atomic mass is 10.1. The quantitative estimate of drug-likeness (QED) is 0.870. The number of rotatable bonds is 4. The highest BCUT2D eigenvalue weighted by atomic mass is 16.5. The van der Waals surface area contributed by atoms with Crippen molar-refractivity contribution in [3.8, 4) is 0 Å². The second-order valence-corrected chi connectivity index (χ2v) is 6.92. The van der Waals surface area contributed by atoms with Crippen molar-refractivity contribution >= 4 is 17.5 Å². The minimum atomic E-state index is -0.746. The fourth-order valence-corrected chi connectivity index (χ4v) is 3.25. The maximum absolute atomic E-state index is 12.7. The summed E-state index contributed by atoms with van der Waals surface area (Å²) in [5.41, 5.74) is 7.94. The van der Waals surface area contributed by atoms with Gasteiger partial charge in [-0.1, -0.05) is 30.3 Å². The molecule has 3 rings (SSSR count). The van der Waals surface area contributed by atoms with E-state index in [1.165, 1.54) is 0 Å². The average molecular weight is 367 g/mol. The van der Waals surface area contributed by atoms with Gasteiger partial charge in [-0.15, -0.1) is 0 Å². The first-order valence-electron chi connectivity index (χ1n) is 9.10. The van der Waals surface area contributed by atoms with Crippen LogP contribution in [-0.2, 0) is 9.53 Å².